The molecule has 2 atom stereocenters. The molecule has 0 aromatic carbocycles. The molecule has 0 aromatic rings. The summed E-state index contributed by atoms with van der Waals surface area (Å²) in [6, 6.07) is -0.509. The van der Waals surface area contributed by atoms with Gasteiger partial charge in [0.25, 0.3) is 0 Å². The Morgan fingerprint density at radius 1 is 1.50 bits per heavy atom. The Hall–Kier alpha value is -0.910. The summed E-state index contributed by atoms with van der Waals surface area (Å²) >= 11 is 0. The Kier molecular flexibility index (Phi) is 4.90. The Balaban J connectivity index is 2.72. The van der Waals surface area contributed by atoms with E-state index in [1.807, 2.05) is 0 Å². The number of likely N-dealkylation sites (tertiary alicyclic amines) is 1. The van der Waals surface area contributed by atoms with Crippen molar-refractivity contribution in [3.05, 3.63) is 0 Å². The van der Waals surface area contributed by atoms with E-state index in [1.54, 1.807) is 20.8 Å². The second-order valence-electron chi connectivity index (χ2n) is 5.62. The third-order valence-electron chi connectivity index (χ3n) is 3.02. The highest BCUT2D eigenvalue weighted by Gasteiger charge is 2.40. The van der Waals surface area contributed by atoms with Crippen LogP contribution in [0.25, 0.3) is 0 Å². The molecule has 0 saturated carbocycles. The lowest BCUT2D eigenvalue weighted by molar-refractivity contribution is -0.00119. The normalized spacial score (nSPS) is 22.4. The summed E-state index contributed by atoms with van der Waals surface area (Å²) in [5.74, 6) is -0.972. The number of hydrogen-bond acceptors (Lipinski definition) is 3. The van der Waals surface area contributed by atoms with Gasteiger partial charge in [0.2, 0.25) is 6.43 Å². The lowest BCUT2D eigenvalue weighted by Gasteiger charge is -2.32. The topological polar surface area (TPSA) is 55.6 Å². The number of halogens is 2. The number of ether oxygens (including phenoxy) is 1. The fraction of sp³-hybridized carbons (Fsp3) is 0.917. The highest BCUT2D eigenvalue weighted by molar-refractivity contribution is 5.69. The Morgan fingerprint density at radius 3 is 2.56 bits per heavy atom. The van der Waals surface area contributed by atoms with E-state index in [0.717, 1.165) is 0 Å². The fourth-order valence-electron chi connectivity index (χ4n) is 2.21. The predicted molar refractivity (Wildman–Crippen MR) is 64.5 cm³/mol. The first kappa shape index (κ1) is 15.1. The largest absolute Gasteiger partial charge is 0.444 e. The SMILES string of the molecule is CC(C)(C)OC(=O)N1CCCC1C(CN)C(F)F. The summed E-state index contributed by atoms with van der Waals surface area (Å²) < 4.78 is 31.0. The first-order chi connectivity index (χ1) is 8.26. The quantitative estimate of drug-likeness (QED) is 0.850. The van der Waals surface area contributed by atoms with Crippen LogP contribution < -0.4 is 5.73 Å². The lowest BCUT2D eigenvalue weighted by atomic mass is 9.98. The van der Waals surface area contributed by atoms with Gasteiger partial charge in [0.1, 0.15) is 5.60 Å². The molecule has 0 bridgehead atoms. The molecule has 1 aliphatic rings. The van der Waals surface area contributed by atoms with Crippen molar-refractivity contribution < 1.29 is 18.3 Å². The van der Waals surface area contributed by atoms with Crippen LogP contribution in [0.3, 0.4) is 0 Å². The number of nitrogens with zero attached hydrogens (tertiary/aromatic N) is 1. The smallest absolute Gasteiger partial charge is 0.410 e. The number of alkyl halides is 2. The Labute approximate surface area is 106 Å². The van der Waals surface area contributed by atoms with Crippen LogP contribution in [0.5, 0.6) is 0 Å². The summed E-state index contributed by atoms with van der Waals surface area (Å²) in [5.41, 5.74) is 4.77. The van der Waals surface area contributed by atoms with Crippen molar-refractivity contribution in [1.82, 2.24) is 4.90 Å². The zero-order chi connectivity index (χ0) is 13.9. The highest BCUT2D eigenvalue weighted by Crippen LogP contribution is 2.29. The summed E-state index contributed by atoms with van der Waals surface area (Å²) in [4.78, 5) is 13.3. The van der Waals surface area contributed by atoms with E-state index < -0.39 is 30.1 Å². The van der Waals surface area contributed by atoms with Gasteiger partial charge in [-0.25, -0.2) is 13.6 Å². The van der Waals surface area contributed by atoms with Crippen LogP contribution in [-0.2, 0) is 4.74 Å². The molecule has 0 radical (unpaired) electrons. The number of amides is 1. The van der Waals surface area contributed by atoms with Gasteiger partial charge in [-0.05, 0) is 33.6 Å². The number of nitrogens with two attached hydrogens (primary N) is 1. The van der Waals surface area contributed by atoms with E-state index in [1.165, 1.54) is 4.90 Å². The van der Waals surface area contributed by atoms with Crippen molar-refractivity contribution in [2.75, 3.05) is 13.1 Å². The zero-order valence-corrected chi connectivity index (χ0v) is 11.2. The second-order valence-corrected chi connectivity index (χ2v) is 5.62. The van der Waals surface area contributed by atoms with Crippen molar-refractivity contribution in [2.24, 2.45) is 11.7 Å². The maximum absolute atomic E-state index is 12.9. The van der Waals surface area contributed by atoms with Crippen LogP contribution in [0.1, 0.15) is 33.6 Å². The second kappa shape index (κ2) is 5.82. The van der Waals surface area contributed by atoms with Gasteiger partial charge in [-0.1, -0.05) is 0 Å². The van der Waals surface area contributed by atoms with Crippen molar-refractivity contribution in [2.45, 2.75) is 51.7 Å². The molecule has 4 nitrogen and oxygen atoms in total. The van der Waals surface area contributed by atoms with Gasteiger partial charge >= 0.3 is 6.09 Å². The third kappa shape index (κ3) is 3.80. The zero-order valence-electron chi connectivity index (χ0n) is 11.2. The van der Waals surface area contributed by atoms with Gasteiger partial charge in [-0.2, -0.15) is 0 Å². The molecule has 1 fully saturated rings. The Bertz CT molecular complexity index is 292. The molecule has 1 heterocycles. The van der Waals surface area contributed by atoms with Crippen LogP contribution in [0.4, 0.5) is 13.6 Å². The first-order valence-corrected chi connectivity index (χ1v) is 6.24. The highest BCUT2D eigenvalue weighted by atomic mass is 19.3. The van der Waals surface area contributed by atoms with Gasteiger partial charge in [-0.15, -0.1) is 0 Å². The van der Waals surface area contributed by atoms with Gasteiger partial charge in [0.05, 0.1) is 5.92 Å². The standard InChI is InChI=1S/C12H22F2N2O2/c1-12(2,3)18-11(17)16-6-4-5-9(16)8(7-15)10(13)14/h8-10H,4-7,15H2,1-3H3. The van der Waals surface area contributed by atoms with E-state index in [-0.39, 0.29) is 6.54 Å². The van der Waals surface area contributed by atoms with Crippen molar-refractivity contribution in [1.29, 1.82) is 0 Å². The van der Waals surface area contributed by atoms with E-state index in [4.69, 9.17) is 10.5 Å². The molecule has 106 valence electrons. The van der Waals surface area contributed by atoms with Crippen molar-refractivity contribution in [3.63, 3.8) is 0 Å². The minimum atomic E-state index is -2.51. The average Bonchev–Trinajstić information content (AvgIpc) is 2.64. The predicted octanol–water partition coefficient (Wildman–Crippen LogP) is 2.23. The monoisotopic (exact) mass is 264 g/mol. The molecule has 1 aliphatic heterocycles. The van der Waals surface area contributed by atoms with Crippen LogP contribution in [0.15, 0.2) is 0 Å². The summed E-state index contributed by atoms with van der Waals surface area (Å²) in [5, 5.41) is 0. The lowest BCUT2D eigenvalue weighted by Crippen LogP contribution is -2.46. The molecule has 0 aliphatic carbocycles. The number of rotatable bonds is 3. The third-order valence-corrected chi connectivity index (χ3v) is 3.02. The van der Waals surface area contributed by atoms with Crippen molar-refractivity contribution in [3.8, 4) is 0 Å². The molecule has 2 N–H and O–H groups in total. The van der Waals surface area contributed by atoms with Crippen LogP contribution in [0.2, 0.25) is 0 Å². The van der Waals surface area contributed by atoms with Crippen LogP contribution in [-0.4, -0.2) is 42.2 Å². The molecular weight excluding hydrogens is 242 g/mol. The first-order valence-electron chi connectivity index (χ1n) is 6.24. The summed E-state index contributed by atoms with van der Waals surface area (Å²) in [6.07, 6.45) is -1.76. The molecule has 0 aromatic heterocycles. The average molecular weight is 264 g/mol. The summed E-state index contributed by atoms with van der Waals surface area (Å²) in [7, 11) is 0. The van der Waals surface area contributed by atoms with Crippen molar-refractivity contribution >= 4 is 6.09 Å². The Morgan fingerprint density at radius 2 is 2.11 bits per heavy atom. The fourth-order valence-corrected chi connectivity index (χ4v) is 2.21. The molecule has 1 saturated heterocycles. The minimum Gasteiger partial charge on any atom is -0.444 e. The van der Waals surface area contributed by atoms with E-state index in [2.05, 4.69) is 0 Å². The molecule has 6 heteroatoms. The van der Waals surface area contributed by atoms with Gasteiger partial charge < -0.3 is 15.4 Å². The maximum atomic E-state index is 12.9. The number of hydrogen-bond donors (Lipinski definition) is 1. The maximum Gasteiger partial charge on any atom is 0.410 e. The van der Waals surface area contributed by atoms with Gasteiger partial charge in [-0.3, -0.25) is 0 Å². The van der Waals surface area contributed by atoms with E-state index in [9.17, 15) is 13.6 Å². The van der Waals surface area contributed by atoms with Gasteiger partial charge in [0, 0.05) is 19.1 Å². The van der Waals surface area contributed by atoms with Crippen LogP contribution in [0, 0.1) is 5.92 Å². The molecular formula is C12H22F2N2O2. The molecule has 1 amide bonds. The van der Waals surface area contributed by atoms with Crippen LogP contribution >= 0.6 is 0 Å². The van der Waals surface area contributed by atoms with E-state index >= 15 is 0 Å². The molecule has 18 heavy (non-hydrogen) atoms. The molecule has 1 rings (SSSR count). The minimum absolute atomic E-state index is 0.123. The summed E-state index contributed by atoms with van der Waals surface area (Å²) in [6.45, 7) is 5.60. The number of carbonyl (C=O) groups is 1. The number of carbonyl (C=O) groups excluding carboxylic acids is 1. The van der Waals surface area contributed by atoms with Gasteiger partial charge in [0.15, 0.2) is 0 Å². The molecule has 0 spiro atoms. The van der Waals surface area contributed by atoms with E-state index in [0.29, 0.717) is 19.4 Å². The molecule has 2 unspecified atom stereocenters.